The largest absolute Gasteiger partial charge is 0.462 e. The molecule has 0 rings (SSSR count). The van der Waals surface area contributed by atoms with Gasteiger partial charge in [0.2, 0.25) is 0 Å². The molecule has 6 heteroatoms. The van der Waals surface area contributed by atoms with Gasteiger partial charge in [0.15, 0.2) is 6.10 Å². The highest BCUT2D eigenvalue weighted by atomic mass is 16.6. The molecule has 0 heterocycles. The summed E-state index contributed by atoms with van der Waals surface area (Å²) in [5.74, 6) is -0.882. The molecule has 0 spiro atoms. The van der Waals surface area contributed by atoms with Crippen LogP contribution in [0.3, 0.4) is 0 Å². The Labute approximate surface area is 510 Å². The van der Waals surface area contributed by atoms with Crippen LogP contribution >= 0.6 is 0 Å². The van der Waals surface area contributed by atoms with E-state index in [-0.39, 0.29) is 31.1 Å². The molecule has 0 saturated heterocycles. The number of hydrogen-bond donors (Lipinski definition) is 0. The van der Waals surface area contributed by atoms with E-state index in [1.807, 2.05) is 0 Å². The maximum absolute atomic E-state index is 12.9. The number of carbonyl (C=O) groups is 3. The molecule has 6 nitrogen and oxygen atoms in total. The van der Waals surface area contributed by atoms with Gasteiger partial charge in [0.05, 0.1) is 0 Å². The zero-order valence-corrected chi connectivity index (χ0v) is 55.0. The number of unbranched alkanes of at least 4 members (excludes halogenated alkanes) is 46. The van der Waals surface area contributed by atoms with Crippen LogP contribution in [0.25, 0.3) is 0 Å². The normalized spacial score (nSPS) is 12.4. The third-order valence-electron chi connectivity index (χ3n) is 16.3. The summed E-state index contributed by atoms with van der Waals surface area (Å²) in [6.07, 6.45) is 91.3. The van der Waals surface area contributed by atoms with Crippen molar-refractivity contribution < 1.29 is 28.6 Å². The fourth-order valence-corrected chi connectivity index (χ4v) is 10.8. The minimum Gasteiger partial charge on any atom is -0.462 e. The molecule has 0 amide bonds. The predicted octanol–water partition coefficient (Wildman–Crippen LogP) is 25.1. The predicted molar refractivity (Wildman–Crippen MR) is 358 cm³/mol. The highest BCUT2D eigenvalue weighted by molar-refractivity contribution is 5.71. The van der Waals surface area contributed by atoms with Gasteiger partial charge in [0.25, 0.3) is 0 Å². The van der Waals surface area contributed by atoms with Crippen LogP contribution in [0.4, 0.5) is 0 Å². The van der Waals surface area contributed by atoms with E-state index in [9.17, 15) is 14.4 Å². The summed E-state index contributed by atoms with van der Waals surface area (Å²) in [7, 11) is 0. The Morgan fingerprint density at radius 2 is 0.476 bits per heavy atom. The second-order valence-corrected chi connectivity index (χ2v) is 24.5. The van der Waals surface area contributed by atoms with E-state index < -0.39 is 6.10 Å². The first-order valence-corrected chi connectivity index (χ1v) is 36.3. The van der Waals surface area contributed by atoms with Gasteiger partial charge in [-0.25, -0.2) is 0 Å². The summed E-state index contributed by atoms with van der Waals surface area (Å²) in [6.45, 7) is 6.54. The highest BCUT2D eigenvalue weighted by Gasteiger charge is 2.19. The second-order valence-electron chi connectivity index (χ2n) is 24.5. The SMILES string of the molecule is CC/C=C\C/C=C\C/C=C\CCCCCCCCCC(=O)OC(COC(=O)CCCCCCC/C=C\C/C=C\CCCCC)COC(=O)CCCCCCCCCCCCCCCCCCCCCCCCCCCCCCCCCC. The van der Waals surface area contributed by atoms with E-state index in [1.54, 1.807) is 0 Å². The maximum atomic E-state index is 12.9. The van der Waals surface area contributed by atoms with Crippen molar-refractivity contribution in [2.24, 2.45) is 0 Å². The fourth-order valence-electron chi connectivity index (χ4n) is 10.8. The highest BCUT2D eigenvalue weighted by Crippen LogP contribution is 2.19. The molecule has 478 valence electrons. The van der Waals surface area contributed by atoms with E-state index >= 15 is 0 Å². The Morgan fingerprint density at radius 3 is 0.768 bits per heavy atom. The molecular formula is C76H138O6. The molecule has 1 atom stereocenters. The van der Waals surface area contributed by atoms with E-state index in [1.165, 1.54) is 244 Å². The van der Waals surface area contributed by atoms with Gasteiger partial charge in [-0.15, -0.1) is 0 Å². The minimum atomic E-state index is -0.786. The Balaban J connectivity index is 4.16. The Morgan fingerprint density at radius 1 is 0.256 bits per heavy atom. The Bertz CT molecular complexity index is 1460. The van der Waals surface area contributed by atoms with Crippen molar-refractivity contribution in [2.75, 3.05) is 13.2 Å². The third-order valence-corrected chi connectivity index (χ3v) is 16.3. The van der Waals surface area contributed by atoms with Crippen LogP contribution in [0.2, 0.25) is 0 Å². The van der Waals surface area contributed by atoms with E-state index in [2.05, 4.69) is 81.5 Å². The van der Waals surface area contributed by atoms with E-state index in [4.69, 9.17) is 14.2 Å². The molecule has 1 unspecified atom stereocenters. The second kappa shape index (κ2) is 70.6. The molecule has 0 fully saturated rings. The van der Waals surface area contributed by atoms with Crippen molar-refractivity contribution in [2.45, 2.75) is 393 Å². The standard InChI is InChI=1S/C76H138O6/c1-4-7-10-13-16-19-22-25-28-30-31-32-33-34-35-36-37-38-39-40-41-42-43-44-46-48-51-54-57-60-63-66-69-75(78)81-72-73(71-80-74(77)68-65-62-59-56-53-50-47-27-24-21-18-15-12-9-6-3)82-76(79)70-67-64-61-58-55-52-49-45-29-26-23-20-17-14-11-8-5-2/h8,11,17-18,20-21,26-27,29,47,73H,4-7,9-10,12-16,19,22-25,28,30-46,48-72H2,1-3H3/b11-8-,20-17-,21-18-,29-26-,47-27-. The quantitative estimate of drug-likeness (QED) is 0.0261. The first kappa shape index (κ1) is 79.1. The number of hydrogen-bond acceptors (Lipinski definition) is 6. The summed E-state index contributed by atoms with van der Waals surface area (Å²) < 4.78 is 17.0. The van der Waals surface area contributed by atoms with E-state index in [0.29, 0.717) is 19.3 Å². The smallest absolute Gasteiger partial charge is 0.306 e. The Kier molecular flexibility index (Phi) is 68.1. The lowest BCUT2D eigenvalue weighted by atomic mass is 10.0. The molecule has 0 aromatic rings. The van der Waals surface area contributed by atoms with Crippen LogP contribution in [0, 0.1) is 0 Å². The van der Waals surface area contributed by atoms with Crippen LogP contribution in [0.15, 0.2) is 60.8 Å². The van der Waals surface area contributed by atoms with Gasteiger partial charge < -0.3 is 14.2 Å². The molecule has 0 aromatic carbocycles. The van der Waals surface area contributed by atoms with Gasteiger partial charge in [-0.05, 0) is 83.5 Å². The lowest BCUT2D eigenvalue weighted by Crippen LogP contribution is -2.30. The van der Waals surface area contributed by atoms with Crippen LogP contribution in [-0.4, -0.2) is 37.2 Å². The average molecular weight is 1150 g/mol. The summed E-state index contributed by atoms with van der Waals surface area (Å²) in [5.41, 5.74) is 0. The van der Waals surface area contributed by atoms with Crippen LogP contribution in [0.5, 0.6) is 0 Å². The van der Waals surface area contributed by atoms with Gasteiger partial charge in [-0.1, -0.05) is 345 Å². The molecule has 0 N–H and O–H groups in total. The average Bonchev–Trinajstić information content (AvgIpc) is 3.47. The fraction of sp³-hybridized carbons (Fsp3) is 0.829. The molecule has 0 saturated carbocycles. The summed E-state index contributed by atoms with van der Waals surface area (Å²) in [6, 6.07) is 0. The van der Waals surface area contributed by atoms with Crippen molar-refractivity contribution in [3.8, 4) is 0 Å². The molecule has 82 heavy (non-hydrogen) atoms. The minimum absolute atomic E-state index is 0.0797. The first-order valence-electron chi connectivity index (χ1n) is 36.3. The van der Waals surface area contributed by atoms with Gasteiger partial charge in [0, 0.05) is 19.3 Å². The molecule has 0 aliphatic heterocycles. The summed E-state index contributed by atoms with van der Waals surface area (Å²) in [5, 5.41) is 0. The number of esters is 3. The number of ether oxygens (including phenoxy) is 3. The van der Waals surface area contributed by atoms with Crippen molar-refractivity contribution in [1.82, 2.24) is 0 Å². The summed E-state index contributed by atoms with van der Waals surface area (Å²) >= 11 is 0. The zero-order chi connectivity index (χ0) is 59.2. The molecule has 0 aliphatic rings. The van der Waals surface area contributed by atoms with Crippen molar-refractivity contribution in [3.63, 3.8) is 0 Å². The van der Waals surface area contributed by atoms with Gasteiger partial charge in [-0.2, -0.15) is 0 Å². The lowest BCUT2D eigenvalue weighted by molar-refractivity contribution is -0.167. The van der Waals surface area contributed by atoms with Gasteiger partial charge >= 0.3 is 17.9 Å². The van der Waals surface area contributed by atoms with Gasteiger partial charge in [0.1, 0.15) is 13.2 Å². The molecule has 0 aromatic heterocycles. The monoisotopic (exact) mass is 1150 g/mol. The van der Waals surface area contributed by atoms with Crippen molar-refractivity contribution in [1.29, 1.82) is 0 Å². The molecule has 0 bridgehead atoms. The van der Waals surface area contributed by atoms with Gasteiger partial charge in [-0.3, -0.25) is 14.4 Å². The zero-order valence-electron chi connectivity index (χ0n) is 55.0. The van der Waals surface area contributed by atoms with Crippen molar-refractivity contribution >= 4 is 17.9 Å². The molecule has 0 aliphatic carbocycles. The lowest BCUT2D eigenvalue weighted by Gasteiger charge is -2.18. The van der Waals surface area contributed by atoms with Crippen LogP contribution in [-0.2, 0) is 28.6 Å². The van der Waals surface area contributed by atoms with Crippen molar-refractivity contribution in [3.05, 3.63) is 60.8 Å². The number of rotatable bonds is 67. The number of carbonyl (C=O) groups excluding carboxylic acids is 3. The topological polar surface area (TPSA) is 78.9 Å². The molecular weight excluding hydrogens is 1010 g/mol. The molecule has 0 radical (unpaired) electrons. The van der Waals surface area contributed by atoms with Crippen LogP contribution < -0.4 is 0 Å². The van der Waals surface area contributed by atoms with Crippen LogP contribution in [0.1, 0.15) is 387 Å². The third kappa shape index (κ3) is 67.9. The number of allylic oxidation sites excluding steroid dienone is 10. The van der Waals surface area contributed by atoms with E-state index in [0.717, 1.165) is 103 Å². The Hall–Kier alpha value is -2.89. The summed E-state index contributed by atoms with van der Waals surface area (Å²) in [4.78, 5) is 38.4. The first-order chi connectivity index (χ1) is 40.5. The maximum Gasteiger partial charge on any atom is 0.306 e.